The molecule has 234 valence electrons. The molecule has 1 aliphatic carbocycles. The summed E-state index contributed by atoms with van der Waals surface area (Å²) in [7, 11) is -3.97. The van der Waals surface area contributed by atoms with Crippen molar-refractivity contribution in [3.8, 4) is 0 Å². The number of nitrogens with zero attached hydrogens (tertiary/aromatic N) is 2. The number of anilines is 1. The van der Waals surface area contributed by atoms with Crippen LogP contribution >= 0.6 is 23.2 Å². The van der Waals surface area contributed by atoms with E-state index in [4.69, 9.17) is 23.2 Å². The summed E-state index contributed by atoms with van der Waals surface area (Å²) in [6.07, 6.45) is 6.06. The number of rotatable bonds is 12. The molecule has 0 aromatic heterocycles. The van der Waals surface area contributed by atoms with Crippen LogP contribution in [0.25, 0.3) is 0 Å². The summed E-state index contributed by atoms with van der Waals surface area (Å²) < 4.78 is 27.0. The molecular weight excluding hydrogens is 621 g/mol. The Labute approximate surface area is 269 Å². The van der Waals surface area contributed by atoms with Crippen molar-refractivity contribution in [2.45, 2.75) is 64.1 Å². The molecule has 1 saturated carbocycles. The van der Waals surface area contributed by atoms with Crippen molar-refractivity contribution in [1.29, 1.82) is 0 Å². The molecule has 3 aromatic carbocycles. The van der Waals surface area contributed by atoms with Crippen molar-refractivity contribution in [3.05, 3.63) is 99.5 Å². The van der Waals surface area contributed by atoms with E-state index in [1.165, 1.54) is 24.0 Å². The van der Waals surface area contributed by atoms with Crippen LogP contribution in [0.3, 0.4) is 0 Å². The van der Waals surface area contributed by atoms with Crippen LogP contribution in [0.15, 0.2) is 72.8 Å². The molecule has 8 nitrogen and oxygen atoms in total. The summed E-state index contributed by atoms with van der Waals surface area (Å²) in [5.74, 6) is -1.16. The number of carbonyl (C=O) groups excluding carboxylic acids is 3. The van der Waals surface area contributed by atoms with Gasteiger partial charge in [0.15, 0.2) is 5.78 Å². The molecule has 44 heavy (non-hydrogen) atoms. The van der Waals surface area contributed by atoms with Crippen molar-refractivity contribution in [1.82, 2.24) is 10.2 Å². The number of hydrogen-bond donors (Lipinski definition) is 1. The van der Waals surface area contributed by atoms with Gasteiger partial charge in [0.2, 0.25) is 21.8 Å². The molecule has 2 amide bonds. The molecule has 1 N–H and O–H groups in total. The highest BCUT2D eigenvalue weighted by Gasteiger charge is 2.34. The van der Waals surface area contributed by atoms with E-state index in [0.29, 0.717) is 21.2 Å². The minimum absolute atomic E-state index is 0.00701. The largest absolute Gasteiger partial charge is 0.352 e. The summed E-state index contributed by atoms with van der Waals surface area (Å²) in [6, 6.07) is 19.4. The quantitative estimate of drug-likeness (QED) is 0.239. The monoisotopic (exact) mass is 657 g/mol. The van der Waals surface area contributed by atoms with E-state index in [1.54, 1.807) is 30.3 Å². The second-order valence-electron chi connectivity index (χ2n) is 11.2. The van der Waals surface area contributed by atoms with E-state index < -0.39 is 28.5 Å². The number of nitrogens with one attached hydrogen (secondary N) is 1. The van der Waals surface area contributed by atoms with Crippen LogP contribution < -0.4 is 9.62 Å². The van der Waals surface area contributed by atoms with Gasteiger partial charge in [0.05, 0.1) is 11.9 Å². The van der Waals surface area contributed by atoms with Gasteiger partial charge < -0.3 is 10.2 Å². The van der Waals surface area contributed by atoms with Gasteiger partial charge in [-0.15, -0.1) is 0 Å². The van der Waals surface area contributed by atoms with Gasteiger partial charge in [-0.3, -0.25) is 18.7 Å². The molecule has 0 radical (unpaired) electrons. The first kappa shape index (κ1) is 33.5. The number of benzene rings is 3. The standard InChI is InChI=1S/C33H37Cl2N3O5S/c1-23(39)25-12-9-15-29(19-25)38(44(2,42)43)22-32(40)37(21-26-16-17-27(34)20-30(26)35)31(18-24-10-5-3-6-11-24)33(41)36-28-13-7-4-8-14-28/h3,5-6,9-12,15-17,19-20,28,31H,4,7-8,13-14,18,21-22H2,1-2H3,(H,36,41). The van der Waals surface area contributed by atoms with Crippen LogP contribution in [0, 0.1) is 0 Å². The highest BCUT2D eigenvalue weighted by Crippen LogP contribution is 2.26. The summed E-state index contributed by atoms with van der Waals surface area (Å²) in [5.41, 5.74) is 1.87. The summed E-state index contributed by atoms with van der Waals surface area (Å²) in [6.45, 7) is 0.731. The van der Waals surface area contributed by atoms with E-state index in [-0.39, 0.29) is 36.4 Å². The third-order valence-corrected chi connectivity index (χ3v) is 9.53. The van der Waals surface area contributed by atoms with Crippen molar-refractivity contribution >= 4 is 56.5 Å². The fraction of sp³-hybridized carbons (Fsp3) is 0.364. The van der Waals surface area contributed by atoms with E-state index in [2.05, 4.69) is 5.32 Å². The molecule has 1 atom stereocenters. The Kier molecular flexibility index (Phi) is 11.5. The highest BCUT2D eigenvalue weighted by molar-refractivity contribution is 7.92. The highest BCUT2D eigenvalue weighted by atomic mass is 35.5. The maximum atomic E-state index is 14.3. The Morgan fingerprint density at radius 1 is 0.932 bits per heavy atom. The molecule has 0 bridgehead atoms. The summed E-state index contributed by atoms with van der Waals surface area (Å²) >= 11 is 12.7. The normalized spacial score (nSPS) is 14.5. The van der Waals surface area contributed by atoms with Gasteiger partial charge in [-0.1, -0.05) is 91.0 Å². The molecule has 0 heterocycles. The van der Waals surface area contributed by atoms with E-state index >= 15 is 0 Å². The lowest BCUT2D eigenvalue weighted by molar-refractivity contribution is -0.140. The lowest BCUT2D eigenvalue weighted by Gasteiger charge is -2.35. The molecule has 4 rings (SSSR count). The first-order valence-corrected chi connectivity index (χ1v) is 17.2. The van der Waals surface area contributed by atoms with Gasteiger partial charge in [0, 0.05) is 34.6 Å². The number of carbonyl (C=O) groups is 3. The third-order valence-electron chi connectivity index (χ3n) is 7.80. The molecule has 1 unspecified atom stereocenters. The van der Waals surface area contributed by atoms with Gasteiger partial charge in [-0.25, -0.2) is 8.42 Å². The number of amides is 2. The van der Waals surface area contributed by atoms with Crippen molar-refractivity contribution in [2.75, 3.05) is 17.1 Å². The molecule has 0 saturated heterocycles. The van der Waals surface area contributed by atoms with Gasteiger partial charge in [-0.05, 0) is 55.2 Å². The van der Waals surface area contributed by atoms with Gasteiger partial charge >= 0.3 is 0 Å². The topological polar surface area (TPSA) is 104 Å². The lowest BCUT2D eigenvalue weighted by Crippen LogP contribution is -2.55. The molecule has 1 aliphatic rings. The zero-order chi connectivity index (χ0) is 31.9. The predicted octanol–water partition coefficient (Wildman–Crippen LogP) is 6.05. The van der Waals surface area contributed by atoms with Crippen LogP contribution in [0.4, 0.5) is 5.69 Å². The number of ketones is 1. The maximum absolute atomic E-state index is 14.3. The zero-order valence-corrected chi connectivity index (χ0v) is 27.2. The minimum Gasteiger partial charge on any atom is -0.352 e. The van der Waals surface area contributed by atoms with E-state index in [9.17, 15) is 22.8 Å². The number of halogens is 2. The molecule has 11 heteroatoms. The van der Waals surface area contributed by atoms with Crippen LogP contribution in [-0.4, -0.2) is 55.8 Å². The van der Waals surface area contributed by atoms with Crippen LogP contribution in [-0.2, 0) is 32.6 Å². The first-order chi connectivity index (χ1) is 20.9. The molecular formula is C33H37Cl2N3O5S. The van der Waals surface area contributed by atoms with Gasteiger partial charge in [-0.2, -0.15) is 0 Å². The van der Waals surface area contributed by atoms with E-state index in [1.807, 2.05) is 30.3 Å². The average Bonchev–Trinajstić information content (AvgIpc) is 2.99. The first-order valence-electron chi connectivity index (χ1n) is 14.6. The SMILES string of the molecule is CC(=O)c1cccc(N(CC(=O)N(Cc2ccc(Cl)cc2Cl)C(Cc2ccccc2)C(=O)NC2CCCCC2)S(C)(=O)=O)c1. The lowest BCUT2D eigenvalue weighted by atomic mass is 9.94. The van der Waals surface area contributed by atoms with E-state index in [0.717, 1.165) is 48.2 Å². The minimum atomic E-state index is -3.97. The predicted molar refractivity (Wildman–Crippen MR) is 175 cm³/mol. The zero-order valence-electron chi connectivity index (χ0n) is 24.8. The summed E-state index contributed by atoms with van der Waals surface area (Å²) in [4.78, 5) is 41.8. The van der Waals surface area contributed by atoms with Crippen molar-refractivity contribution < 1.29 is 22.8 Å². The van der Waals surface area contributed by atoms with Gasteiger partial charge in [0.1, 0.15) is 12.6 Å². The Bertz CT molecular complexity index is 1590. The van der Waals surface area contributed by atoms with Gasteiger partial charge in [0.25, 0.3) is 0 Å². The van der Waals surface area contributed by atoms with Crippen molar-refractivity contribution in [2.24, 2.45) is 0 Å². The number of sulfonamides is 1. The van der Waals surface area contributed by atoms with Crippen LogP contribution in [0.2, 0.25) is 10.0 Å². The number of hydrogen-bond acceptors (Lipinski definition) is 5. The Balaban J connectivity index is 1.76. The van der Waals surface area contributed by atoms with Crippen molar-refractivity contribution in [3.63, 3.8) is 0 Å². The Hall–Kier alpha value is -3.40. The molecule has 0 spiro atoms. The smallest absolute Gasteiger partial charge is 0.244 e. The molecule has 3 aromatic rings. The Morgan fingerprint density at radius 3 is 2.27 bits per heavy atom. The molecule has 1 fully saturated rings. The van der Waals surface area contributed by atoms with Crippen LogP contribution in [0.1, 0.15) is 60.5 Å². The molecule has 0 aliphatic heterocycles. The second kappa shape index (κ2) is 15.1. The fourth-order valence-electron chi connectivity index (χ4n) is 5.43. The maximum Gasteiger partial charge on any atom is 0.244 e. The third kappa shape index (κ3) is 9.06. The second-order valence-corrected chi connectivity index (χ2v) is 13.9. The average molecular weight is 659 g/mol. The van der Waals surface area contributed by atoms with Crippen LogP contribution in [0.5, 0.6) is 0 Å². The number of Topliss-reactive ketones (excluding diaryl/α,β-unsaturated/α-hetero) is 1. The Morgan fingerprint density at radius 2 is 1.64 bits per heavy atom. The summed E-state index contributed by atoms with van der Waals surface area (Å²) in [5, 5.41) is 3.90. The fourth-order valence-corrected chi connectivity index (χ4v) is 6.74.